The quantitative estimate of drug-likeness (QED) is 0.597. The summed E-state index contributed by atoms with van der Waals surface area (Å²) in [5, 5.41) is 0. The Morgan fingerprint density at radius 2 is 2.18 bits per heavy atom. The summed E-state index contributed by atoms with van der Waals surface area (Å²) in [6, 6.07) is 0.722. The van der Waals surface area contributed by atoms with Crippen molar-refractivity contribution in [2.24, 2.45) is 0 Å². The normalized spacial score (nSPS) is 27.8. The molecule has 0 aromatic carbocycles. The zero-order chi connectivity index (χ0) is 8.27. The molecule has 2 heteroatoms. The first-order valence-electron chi connectivity index (χ1n) is 4.57. The summed E-state index contributed by atoms with van der Waals surface area (Å²) in [5.41, 5.74) is 0. The Kier molecular flexibility index (Phi) is 3.31. The Morgan fingerprint density at radius 1 is 1.45 bits per heavy atom. The van der Waals surface area contributed by atoms with Gasteiger partial charge in [-0.1, -0.05) is 6.42 Å². The van der Waals surface area contributed by atoms with Crippen molar-refractivity contribution >= 4 is 0 Å². The minimum atomic E-state index is -0.168. The maximum Gasteiger partial charge on any atom is 0.105 e. The Bertz CT molecular complexity index is 114. The maximum atomic E-state index is 12.4. The zero-order valence-corrected chi connectivity index (χ0v) is 7.52. The van der Waals surface area contributed by atoms with Gasteiger partial charge in [0.1, 0.15) is 6.67 Å². The standard InChI is InChI=1S/C9H18FN/c1-8(2)11-6-4-3-5-9(11)7-10/h8-9H,3-7H2,1-2H3/t9-/m0/s1. The molecule has 1 saturated heterocycles. The number of nitrogens with zero attached hydrogens (tertiary/aromatic N) is 1. The van der Waals surface area contributed by atoms with Gasteiger partial charge in [-0.15, -0.1) is 0 Å². The third kappa shape index (κ3) is 2.16. The van der Waals surface area contributed by atoms with E-state index in [0.717, 1.165) is 13.0 Å². The van der Waals surface area contributed by atoms with Gasteiger partial charge < -0.3 is 0 Å². The average molecular weight is 159 g/mol. The summed E-state index contributed by atoms with van der Waals surface area (Å²) in [7, 11) is 0. The molecular formula is C9H18FN. The molecule has 0 aromatic heterocycles. The van der Waals surface area contributed by atoms with Gasteiger partial charge in [-0.25, -0.2) is 4.39 Å². The summed E-state index contributed by atoms with van der Waals surface area (Å²) < 4.78 is 12.4. The molecule has 1 rings (SSSR count). The highest BCUT2D eigenvalue weighted by Crippen LogP contribution is 2.19. The van der Waals surface area contributed by atoms with Gasteiger partial charge in [-0.3, -0.25) is 4.90 Å². The molecule has 0 amide bonds. The van der Waals surface area contributed by atoms with Crippen LogP contribution in [0.1, 0.15) is 33.1 Å². The number of hydrogen-bond donors (Lipinski definition) is 0. The first kappa shape index (κ1) is 8.98. The van der Waals surface area contributed by atoms with E-state index in [-0.39, 0.29) is 12.7 Å². The van der Waals surface area contributed by atoms with Crippen LogP contribution in [0.15, 0.2) is 0 Å². The summed E-state index contributed by atoms with van der Waals surface area (Å²) >= 11 is 0. The molecule has 0 aromatic rings. The molecule has 1 aliphatic rings. The number of hydrogen-bond acceptors (Lipinski definition) is 1. The van der Waals surface area contributed by atoms with E-state index in [1.165, 1.54) is 12.8 Å². The third-order valence-electron chi connectivity index (χ3n) is 2.51. The van der Waals surface area contributed by atoms with Crippen LogP contribution in [-0.4, -0.2) is 30.2 Å². The largest absolute Gasteiger partial charge is 0.295 e. The van der Waals surface area contributed by atoms with E-state index >= 15 is 0 Å². The highest BCUT2D eigenvalue weighted by atomic mass is 19.1. The third-order valence-corrected chi connectivity index (χ3v) is 2.51. The van der Waals surface area contributed by atoms with Crippen LogP contribution in [0.5, 0.6) is 0 Å². The fourth-order valence-corrected chi connectivity index (χ4v) is 1.87. The van der Waals surface area contributed by atoms with Crippen LogP contribution in [0.2, 0.25) is 0 Å². The fourth-order valence-electron chi connectivity index (χ4n) is 1.87. The number of likely N-dealkylation sites (tertiary alicyclic amines) is 1. The summed E-state index contributed by atoms with van der Waals surface area (Å²) in [5.74, 6) is 0. The Balaban J connectivity index is 2.44. The lowest BCUT2D eigenvalue weighted by Crippen LogP contribution is -2.44. The average Bonchev–Trinajstić information content (AvgIpc) is 2.04. The molecule has 0 saturated carbocycles. The lowest BCUT2D eigenvalue weighted by atomic mass is 10.0. The Morgan fingerprint density at radius 3 is 2.64 bits per heavy atom. The molecule has 1 aliphatic heterocycles. The zero-order valence-electron chi connectivity index (χ0n) is 7.52. The monoisotopic (exact) mass is 159 g/mol. The van der Waals surface area contributed by atoms with Gasteiger partial charge >= 0.3 is 0 Å². The van der Waals surface area contributed by atoms with Crippen molar-refractivity contribution in [3.05, 3.63) is 0 Å². The lowest BCUT2D eigenvalue weighted by molar-refractivity contribution is 0.0921. The van der Waals surface area contributed by atoms with E-state index in [9.17, 15) is 4.39 Å². The second kappa shape index (κ2) is 4.05. The van der Waals surface area contributed by atoms with E-state index in [1.54, 1.807) is 0 Å². The summed E-state index contributed by atoms with van der Waals surface area (Å²) in [4.78, 5) is 2.28. The molecule has 66 valence electrons. The van der Waals surface area contributed by atoms with Crippen molar-refractivity contribution in [3.63, 3.8) is 0 Å². The molecule has 1 nitrogen and oxygen atoms in total. The van der Waals surface area contributed by atoms with E-state index in [2.05, 4.69) is 18.7 Å². The Labute approximate surface area is 68.6 Å². The smallest absolute Gasteiger partial charge is 0.105 e. The van der Waals surface area contributed by atoms with E-state index in [1.807, 2.05) is 0 Å². The van der Waals surface area contributed by atoms with Gasteiger partial charge in [-0.2, -0.15) is 0 Å². The first-order valence-corrected chi connectivity index (χ1v) is 4.57. The van der Waals surface area contributed by atoms with E-state index < -0.39 is 0 Å². The summed E-state index contributed by atoms with van der Waals surface area (Å²) in [6.45, 7) is 5.21. The maximum absolute atomic E-state index is 12.4. The van der Waals surface area contributed by atoms with Crippen LogP contribution in [0.4, 0.5) is 4.39 Å². The van der Waals surface area contributed by atoms with Crippen molar-refractivity contribution in [1.29, 1.82) is 0 Å². The number of halogens is 1. The summed E-state index contributed by atoms with van der Waals surface area (Å²) in [6.07, 6.45) is 3.50. The van der Waals surface area contributed by atoms with Crippen molar-refractivity contribution in [3.8, 4) is 0 Å². The topological polar surface area (TPSA) is 3.24 Å². The fraction of sp³-hybridized carbons (Fsp3) is 1.00. The van der Waals surface area contributed by atoms with Gasteiger partial charge in [0.25, 0.3) is 0 Å². The molecule has 1 heterocycles. The van der Waals surface area contributed by atoms with E-state index in [4.69, 9.17) is 0 Å². The molecular weight excluding hydrogens is 141 g/mol. The van der Waals surface area contributed by atoms with Crippen LogP contribution < -0.4 is 0 Å². The van der Waals surface area contributed by atoms with Gasteiger partial charge in [0, 0.05) is 12.1 Å². The molecule has 11 heavy (non-hydrogen) atoms. The van der Waals surface area contributed by atoms with Crippen LogP contribution >= 0.6 is 0 Å². The molecule has 0 aliphatic carbocycles. The second-order valence-corrected chi connectivity index (χ2v) is 3.64. The highest BCUT2D eigenvalue weighted by molar-refractivity contribution is 4.78. The predicted octanol–water partition coefficient (Wildman–Crippen LogP) is 2.22. The predicted molar refractivity (Wildman–Crippen MR) is 45.5 cm³/mol. The minimum Gasteiger partial charge on any atom is -0.295 e. The lowest BCUT2D eigenvalue weighted by Gasteiger charge is -2.36. The molecule has 0 N–H and O–H groups in total. The van der Waals surface area contributed by atoms with E-state index in [0.29, 0.717) is 6.04 Å². The molecule has 0 unspecified atom stereocenters. The second-order valence-electron chi connectivity index (χ2n) is 3.64. The van der Waals surface area contributed by atoms with Gasteiger partial charge in [0.15, 0.2) is 0 Å². The van der Waals surface area contributed by atoms with Crippen LogP contribution in [0.25, 0.3) is 0 Å². The van der Waals surface area contributed by atoms with Gasteiger partial charge in [-0.05, 0) is 33.2 Å². The molecule has 0 radical (unpaired) electrons. The van der Waals surface area contributed by atoms with Crippen molar-refractivity contribution in [2.45, 2.75) is 45.2 Å². The highest BCUT2D eigenvalue weighted by Gasteiger charge is 2.23. The molecule has 0 spiro atoms. The van der Waals surface area contributed by atoms with Gasteiger partial charge in [0.2, 0.25) is 0 Å². The van der Waals surface area contributed by atoms with Crippen LogP contribution in [0.3, 0.4) is 0 Å². The van der Waals surface area contributed by atoms with Gasteiger partial charge in [0.05, 0.1) is 0 Å². The molecule has 1 atom stereocenters. The first-order chi connectivity index (χ1) is 5.25. The minimum absolute atomic E-state index is 0.168. The van der Waals surface area contributed by atoms with Crippen LogP contribution in [0, 0.1) is 0 Å². The number of piperidine rings is 1. The van der Waals surface area contributed by atoms with Crippen molar-refractivity contribution < 1.29 is 4.39 Å². The van der Waals surface area contributed by atoms with Crippen LogP contribution in [-0.2, 0) is 0 Å². The SMILES string of the molecule is CC(C)N1CCCC[C@H]1CF. The van der Waals surface area contributed by atoms with Crippen molar-refractivity contribution in [2.75, 3.05) is 13.2 Å². The number of alkyl halides is 1. The number of rotatable bonds is 2. The molecule has 1 fully saturated rings. The molecule has 0 bridgehead atoms. The Hall–Kier alpha value is -0.110. The van der Waals surface area contributed by atoms with Crippen molar-refractivity contribution in [1.82, 2.24) is 4.90 Å².